The molecule has 1 atom stereocenters. The summed E-state index contributed by atoms with van der Waals surface area (Å²) in [5.74, 6) is 0.971. The average Bonchev–Trinajstić information content (AvgIpc) is 3.38. The molecule has 0 unspecified atom stereocenters. The van der Waals surface area contributed by atoms with Crippen LogP contribution in [0.4, 0.5) is 0 Å². The standard InChI is InChI=1S/C20H24N6O3/c1-28-14-4-3-5-15(29-2)16(14)20(27)25-10-6-13(12-25)17-18-19(23-9-8-22-18)26(24-17)11-7-21/h3-5,8-9,13H,6-7,10-12,21H2,1-2H3/t13-/m0/s1. The first-order chi connectivity index (χ1) is 14.2. The molecule has 0 bridgehead atoms. The van der Waals surface area contributed by atoms with Crippen molar-refractivity contribution >= 4 is 17.1 Å². The highest BCUT2D eigenvalue weighted by molar-refractivity contribution is 6.00. The molecule has 9 nitrogen and oxygen atoms in total. The normalized spacial score (nSPS) is 16.4. The van der Waals surface area contributed by atoms with Crippen molar-refractivity contribution in [2.75, 3.05) is 33.9 Å². The van der Waals surface area contributed by atoms with Crippen molar-refractivity contribution in [2.24, 2.45) is 5.73 Å². The molecule has 0 radical (unpaired) electrons. The Morgan fingerprint density at radius 1 is 1.21 bits per heavy atom. The van der Waals surface area contributed by atoms with E-state index in [0.29, 0.717) is 43.2 Å². The first-order valence-corrected chi connectivity index (χ1v) is 9.55. The Labute approximate surface area is 168 Å². The predicted octanol–water partition coefficient (Wildman–Crippen LogP) is 1.43. The summed E-state index contributed by atoms with van der Waals surface area (Å²) < 4.78 is 12.6. The summed E-state index contributed by atoms with van der Waals surface area (Å²) in [5, 5.41) is 4.72. The molecular formula is C20H24N6O3. The zero-order valence-corrected chi connectivity index (χ0v) is 16.5. The van der Waals surface area contributed by atoms with Crippen LogP contribution in [0.25, 0.3) is 11.2 Å². The molecule has 3 heterocycles. The minimum Gasteiger partial charge on any atom is -0.496 e. The third kappa shape index (κ3) is 3.38. The van der Waals surface area contributed by atoms with Crippen LogP contribution in [0, 0.1) is 0 Å². The number of rotatable bonds is 6. The van der Waals surface area contributed by atoms with Gasteiger partial charge >= 0.3 is 0 Å². The van der Waals surface area contributed by atoms with Crippen LogP contribution in [0.1, 0.15) is 28.4 Å². The molecule has 1 aromatic carbocycles. The third-order valence-corrected chi connectivity index (χ3v) is 5.24. The lowest BCUT2D eigenvalue weighted by molar-refractivity contribution is 0.0783. The quantitative estimate of drug-likeness (QED) is 0.671. The van der Waals surface area contributed by atoms with Crippen LogP contribution in [0.5, 0.6) is 11.5 Å². The monoisotopic (exact) mass is 396 g/mol. The Bertz CT molecular complexity index is 1010. The molecule has 9 heteroatoms. The predicted molar refractivity (Wildman–Crippen MR) is 107 cm³/mol. The number of hydrogen-bond donors (Lipinski definition) is 1. The van der Waals surface area contributed by atoms with Gasteiger partial charge in [-0.1, -0.05) is 6.07 Å². The molecule has 4 rings (SSSR count). The van der Waals surface area contributed by atoms with Crippen LogP contribution in [0.3, 0.4) is 0 Å². The van der Waals surface area contributed by atoms with Gasteiger partial charge in [0.15, 0.2) is 5.65 Å². The Balaban J connectivity index is 1.62. The van der Waals surface area contributed by atoms with E-state index in [9.17, 15) is 4.79 Å². The maximum absolute atomic E-state index is 13.3. The van der Waals surface area contributed by atoms with E-state index >= 15 is 0 Å². The summed E-state index contributed by atoms with van der Waals surface area (Å²) in [6.07, 6.45) is 4.12. The van der Waals surface area contributed by atoms with Crippen LogP contribution in [-0.2, 0) is 6.54 Å². The van der Waals surface area contributed by atoms with E-state index in [-0.39, 0.29) is 11.8 Å². The van der Waals surface area contributed by atoms with Crippen molar-refractivity contribution in [3.8, 4) is 11.5 Å². The van der Waals surface area contributed by atoms with Gasteiger partial charge in [0.2, 0.25) is 0 Å². The number of methoxy groups -OCH3 is 2. The molecule has 1 saturated heterocycles. The molecular weight excluding hydrogens is 372 g/mol. The van der Waals surface area contributed by atoms with Crippen LogP contribution in [-0.4, -0.2) is 64.4 Å². The summed E-state index contributed by atoms with van der Waals surface area (Å²) in [6, 6.07) is 5.33. The number of amides is 1. The smallest absolute Gasteiger partial charge is 0.261 e. The van der Waals surface area contributed by atoms with Gasteiger partial charge in [-0.2, -0.15) is 5.10 Å². The zero-order valence-electron chi connectivity index (χ0n) is 16.5. The molecule has 1 fully saturated rings. The summed E-state index contributed by atoms with van der Waals surface area (Å²) in [7, 11) is 3.10. The topological polar surface area (TPSA) is 108 Å². The number of nitrogens with zero attached hydrogens (tertiary/aromatic N) is 5. The lowest BCUT2D eigenvalue weighted by atomic mass is 10.0. The minimum atomic E-state index is -0.112. The van der Waals surface area contributed by atoms with Crippen LogP contribution in [0.15, 0.2) is 30.6 Å². The van der Waals surface area contributed by atoms with Gasteiger partial charge in [-0.3, -0.25) is 4.79 Å². The van der Waals surface area contributed by atoms with E-state index in [4.69, 9.17) is 20.3 Å². The van der Waals surface area contributed by atoms with Gasteiger partial charge in [-0.25, -0.2) is 14.6 Å². The Hall–Kier alpha value is -3.20. The van der Waals surface area contributed by atoms with E-state index in [1.165, 1.54) is 0 Å². The fourth-order valence-electron chi connectivity index (χ4n) is 3.87. The van der Waals surface area contributed by atoms with Gasteiger partial charge in [-0.15, -0.1) is 0 Å². The largest absolute Gasteiger partial charge is 0.496 e. The molecule has 1 aliphatic heterocycles. The minimum absolute atomic E-state index is 0.0814. The highest BCUT2D eigenvalue weighted by Gasteiger charge is 2.34. The van der Waals surface area contributed by atoms with Crippen molar-refractivity contribution in [2.45, 2.75) is 18.9 Å². The molecule has 1 amide bonds. The maximum atomic E-state index is 13.3. The number of benzene rings is 1. The highest BCUT2D eigenvalue weighted by Crippen LogP contribution is 2.34. The van der Waals surface area contributed by atoms with E-state index in [2.05, 4.69) is 9.97 Å². The summed E-state index contributed by atoms with van der Waals surface area (Å²) in [4.78, 5) is 24.0. The van der Waals surface area contributed by atoms with Gasteiger partial charge in [0.05, 0.1) is 26.5 Å². The van der Waals surface area contributed by atoms with Crippen LogP contribution < -0.4 is 15.2 Å². The number of carbonyl (C=O) groups excluding carboxylic acids is 1. The molecule has 2 N–H and O–H groups in total. The second-order valence-electron chi connectivity index (χ2n) is 6.90. The molecule has 0 aliphatic carbocycles. The van der Waals surface area contributed by atoms with Gasteiger partial charge in [0.25, 0.3) is 5.91 Å². The fraction of sp³-hybridized carbons (Fsp3) is 0.400. The number of likely N-dealkylation sites (tertiary alicyclic amines) is 1. The zero-order chi connectivity index (χ0) is 20.4. The van der Waals surface area contributed by atoms with E-state index < -0.39 is 0 Å². The summed E-state index contributed by atoms with van der Waals surface area (Å²) in [5.41, 5.74) is 8.51. The SMILES string of the molecule is COc1cccc(OC)c1C(=O)N1CC[C@H](c2nn(CCN)c3nccnc23)C1. The average molecular weight is 396 g/mol. The number of nitrogens with two attached hydrogens (primary N) is 1. The van der Waals surface area contributed by atoms with E-state index in [1.807, 2.05) is 4.90 Å². The van der Waals surface area contributed by atoms with Crippen molar-refractivity contribution < 1.29 is 14.3 Å². The number of fused-ring (bicyclic) bond motifs is 1. The molecule has 2 aromatic heterocycles. The van der Waals surface area contributed by atoms with Crippen molar-refractivity contribution in [1.82, 2.24) is 24.6 Å². The molecule has 29 heavy (non-hydrogen) atoms. The Morgan fingerprint density at radius 2 is 1.93 bits per heavy atom. The molecule has 3 aromatic rings. The number of carbonyl (C=O) groups is 1. The second kappa shape index (κ2) is 8.04. The number of aromatic nitrogens is 4. The summed E-state index contributed by atoms with van der Waals surface area (Å²) >= 11 is 0. The highest BCUT2D eigenvalue weighted by atomic mass is 16.5. The van der Waals surface area contributed by atoms with Gasteiger partial charge in [0.1, 0.15) is 22.6 Å². The van der Waals surface area contributed by atoms with Gasteiger partial charge in [-0.05, 0) is 18.6 Å². The Kier molecular flexibility index (Phi) is 5.30. The lowest BCUT2D eigenvalue weighted by Crippen LogP contribution is -2.29. The van der Waals surface area contributed by atoms with E-state index in [0.717, 1.165) is 23.3 Å². The number of hydrogen-bond acceptors (Lipinski definition) is 7. The van der Waals surface area contributed by atoms with Crippen LogP contribution >= 0.6 is 0 Å². The molecule has 152 valence electrons. The van der Waals surface area contributed by atoms with Gasteiger partial charge < -0.3 is 20.1 Å². The van der Waals surface area contributed by atoms with Gasteiger partial charge in [0, 0.05) is 37.9 Å². The molecule has 0 spiro atoms. The van der Waals surface area contributed by atoms with Crippen LogP contribution in [0.2, 0.25) is 0 Å². The molecule has 1 aliphatic rings. The summed E-state index contributed by atoms with van der Waals surface area (Å²) in [6.45, 7) is 2.21. The third-order valence-electron chi connectivity index (χ3n) is 5.24. The Morgan fingerprint density at radius 3 is 2.62 bits per heavy atom. The molecule has 0 saturated carbocycles. The van der Waals surface area contributed by atoms with E-state index in [1.54, 1.807) is 49.5 Å². The van der Waals surface area contributed by atoms with Crippen molar-refractivity contribution in [3.63, 3.8) is 0 Å². The first-order valence-electron chi connectivity index (χ1n) is 9.55. The van der Waals surface area contributed by atoms with Crippen molar-refractivity contribution in [1.29, 1.82) is 0 Å². The van der Waals surface area contributed by atoms with Crippen molar-refractivity contribution in [3.05, 3.63) is 41.9 Å². The maximum Gasteiger partial charge on any atom is 0.261 e. The lowest BCUT2D eigenvalue weighted by Gasteiger charge is -2.19. The fourth-order valence-corrected chi connectivity index (χ4v) is 3.87. The second-order valence-corrected chi connectivity index (χ2v) is 6.90. The number of ether oxygens (including phenoxy) is 2. The first kappa shape index (κ1) is 19.1.